The third-order valence-corrected chi connectivity index (χ3v) is 5.67. The van der Waals surface area contributed by atoms with Crippen molar-refractivity contribution >= 4 is 5.82 Å². The summed E-state index contributed by atoms with van der Waals surface area (Å²) < 4.78 is 6.12. The molecule has 5 heteroatoms. The maximum atomic E-state index is 6.12. The molecule has 2 aromatic heterocycles. The van der Waals surface area contributed by atoms with Crippen LogP contribution in [0.2, 0.25) is 0 Å². The van der Waals surface area contributed by atoms with Crippen LogP contribution in [0.5, 0.6) is 5.75 Å². The Hall–Kier alpha value is -2.92. The van der Waals surface area contributed by atoms with Crippen molar-refractivity contribution in [1.82, 2.24) is 14.9 Å². The van der Waals surface area contributed by atoms with Crippen molar-refractivity contribution in [3.63, 3.8) is 0 Å². The lowest BCUT2D eigenvalue weighted by molar-refractivity contribution is 0.196. The first kappa shape index (κ1) is 20.4. The van der Waals surface area contributed by atoms with Gasteiger partial charge < -0.3 is 9.64 Å². The number of likely N-dealkylation sites (tertiary alicyclic amines) is 1. The van der Waals surface area contributed by atoms with Gasteiger partial charge in [0, 0.05) is 45.1 Å². The predicted molar refractivity (Wildman–Crippen MR) is 121 cm³/mol. The van der Waals surface area contributed by atoms with Gasteiger partial charge in [-0.05, 0) is 61.2 Å². The Morgan fingerprint density at radius 1 is 1.03 bits per heavy atom. The highest BCUT2D eigenvalue weighted by Crippen LogP contribution is 2.30. The van der Waals surface area contributed by atoms with Crippen molar-refractivity contribution < 1.29 is 4.74 Å². The van der Waals surface area contributed by atoms with E-state index in [2.05, 4.69) is 50.1 Å². The average molecular weight is 403 g/mol. The predicted octanol–water partition coefficient (Wildman–Crippen LogP) is 4.50. The summed E-state index contributed by atoms with van der Waals surface area (Å²) in [5.41, 5.74) is 3.57. The zero-order chi connectivity index (χ0) is 20.8. The van der Waals surface area contributed by atoms with E-state index in [9.17, 15) is 0 Å². The van der Waals surface area contributed by atoms with E-state index >= 15 is 0 Å². The van der Waals surface area contributed by atoms with E-state index in [1.807, 2.05) is 44.6 Å². The Balaban J connectivity index is 1.42. The molecule has 0 bridgehead atoms. The van der Waals surface area contributed by atoms with Gasteiger partial charge in [0.2, 0.25) is 0 Å². The molecule has 0 unspecified atom stereocenters. The summed E-state index contributed by atoms with van der Waals surface area (Å²) in [7, 11) is 4.09. The Bertz CT molecular complexity index is 945. The molecule has 5 nitrogen and oxygen atoms in total. The lowest BCUT2D eigenvalue weighted by atomic mass is 9.91. The van der Waals surface area contributed by atoms with Crippen molar-refractivity contribution in [2.45, 2.75) is 31.9 Å². The molecule has 0 spiro atoms. The number of pyridine rings is 2. The zero-order valence-electron chi connectivity index (χ0n) is 17.9. The molecule has 1 aromatic carbocycles. The van der Waals surface area contributed by atoms with Crippen LogP contribution >= 0.6 is 0 Å². The number of anilines is 1. The molecule has 0 N–H and O–H groups in total. The van der Waals surface area contributed by atoms with Gasteiger partial charge in [-0.3, -0.25) is 9.88 Å². The van der Waals surface area contributed by atoms with Crippen LogP contribution in [0.25, 0.3) is 0 Å². The quantitative estimate of drug-likeness (QED) is 0.582. The summed E-state index contributed by atoms with van der Waals surface area (Å²) in [5, 5.41) is 0. The Kier molecular flexibility index (Phi) is 6.60. The number of para-hydroxylation sites is 1. The maximum absolute atomic E-state index is 6.12. The number of hydrogen-bond acceptors (Lipinski definition) is 5. The van der Waals surface area contributed by atoms with E-state index in [1.54, 1.807) is 6.20 Å². The van der Waals surface area contributed by atoms with Gasteiger partial charge in [0.25, 0.3) is 0 Å². The molecule has 156 valence electrons. The number of aromatic nitrogens is 2. The molecule has 1 atom stereocenters. The summed E-state index contributed by atoms with van der Waals surface area (Å²) in [5.74, 6) is 2.52. The van der Waals surface area contributed by atoms with Gasteiger partial charge in [0.05, 0.1) is 5.69 Å². The number of rotatable bonds is 7. The normalized spacial score (nSPS) is 16.9. The topological polar surface area (TPSA) is 41.5 Å². The summed E-state index contributed by atoms with van der Waals surface area (Å²) in [6.07, 6.45) is 6.18. The van der Waals surface area contributed by atoms with Crippen molar-refractivity contribution in [3.8, 4) is 5.75 Å². The smallest absolute Gasteiger partial charge is 0.130 e. The zero-order valence-corrected chi connectivity index (χ0v) is 17.9. The first-order chi connectivity index (χ1) is 14.7. The minimum Gasteiger partial charge on any atom is -0.487 e. The fourth-order valence-corrected chi connectivity index (χ4v) is 4.06. The molecule has 1 fully saturated rings. The lowest BCUT2D eigenvalue weighted by Crippen LogP contribution is -2.34. The minimum atomic E-state index is 0.491. The SMILES string of the molecule is CN(C)c1cc([C@@H]2CCCN(Cc3ccccc3OCc3ccccn3)C2)ccn1. The molecule has 1 saturated heterocycles. The van der Waals surface area contributed by atoms with Gasteiger partial charge >= 0.3 is 0 Å². The van der Waals surface area contributed by atoms with Crippen molar-refractivity contribution in [2.75, 3.05) is 32.1 Å². The second kappa shape index (κ2) is 9.72. The number of nitrogens with zero attached hydrogens (tertiary/aromatic N) is 4. The van der Waals surface area contributed by atoms with Crippen LogP contribution in [0.4, 0.5) is 5.82 Å². The number of piperidine rings is 1. The summed E-state index contributed by atoms with van der Waals surface area (Å²) in [6.45, 7) is 3.58. The molecule has 0 radical (unpaired) electrons. The third kappa shape index (κ3) is 5.16. The minimum absolute atomic E-state index is 0.491. The van der Waals surface area contributed by atoms with Gasteiger partial charge in [-0.15, -0.1) is 0 Å². The standard InChI is InChI=1S/C25H30N4O/c1-28(2)25-16-20(12-14-27-25)21-9-7-15-29(17-21)18-22-8-3-4-11-24(22)30-19-23-10-5-6-13-26-23/h3-6,8,10-14,16,21H,7,9,15,17-19H2,1-2H3/t21-/m1/s1. The maximum Gasteiger partial charge on any atom is 0.130 e. The van der Waals surface area contributed by atoms with Crippen molar-refractivity contribution in [1.29, 1.82) is 0 Å². The summed E-state index contributed by atoms with van der Waals surface area (Å²) >= 11 is 0. The molecule has 0 saturated carbocycles. The van der Waals surface area contributed by atoms with Gasteiger partial charge in [0.15, 0.2) is 0 Å². The molecule has 30 heavy (non-hydrogen) atoms. The Labute approximate surface area is 179 Å². The van der Waals surface area contributed by atoms with E-state index in [4.69, 9.17) is 4.74 Å². The molecule has 1 aliphatic heterocycles. The van der Waals surface area contributed by atoms with Crippen LogP contribution in [0.3, 0.4) is 0 Å². The third-order valence-electron chi connectivity index (χ3n) is 5.67. The van der Waals surface area contributed by atoms with Gasteiger partial charge in [-0.25, -0.2) is 4.98 Å². The highest BCUT2D eigenvalue weighted by atomic mass is 16.5. The van der Waals surface area contributed by atoms with E-state index in [0.717, 1.165) is 36.9 Å². The first-order valence-corrected chi connectivity index (χ1v) is 10.7. The van der Waals surface area contributed by atoms with Gasteiger partial charge in [0.1, 0.15) is 18.2 Å². The largest absolute Gasteiger partial charge is 0.487 e. The molecule has 0 amide bonds. The van der Waals surface area contributed by atoms with E-state index in [1.165, 1.54) is 24.0 Å². The second-order valence-corrected chi connectivity index (χ2v) is 8.13. The monoisotopic (exact) mass is 402 g/mol. The van der Waals surface area contributed by atoms with E-state index < -0.39 is 0 Å². The number of hydrogen-bond donors (Lipinski definition) is 0. The van der Waals surface area contributed by atoms with Crippen LogP contribution < -0.4 is 9.64 Å². The van der Waals surface area contributed by atoms with Crippen molar-refractivity contribution in [2.24, 2.45) is 0 Å². The van der Waals surface area contributed by atoms with Crippen LogP contribution in [-0.4, -0.2) is 42.1 Å². The fourth-order valence-electron chi connectivity index (χ4n) is 4.06. The van der Waals surface area contributed by atoms with Crippen molar-refractivity contribution in [3.05, 3.63) is 83.8 Å². The Morgan fingerprint density at radius 2 is 1.90 bits per heavy atom. The van der Waals surface area contributed by atoms with Crippen LogP contribution in [0, 0.1) is 0 Å². The highest BCUT2D eigenvalue weighted by molar-refractivity contribution is 5.40. The molecule has 3 heterocycles. The highest BCUT2D eigenvalue weighted by Gasteiger charge is 2.22. The van der Waals surface area contributed by atoms with Crippen LogP contribution in [0.15, 0.2) is 67.0 Å². The summed E-state index contributed by atoms with van der Waals surface area (Å²) in [6, 6.07) is 18.7. The molecule has 3 aromatic rings. The number of benzene rings is 1. The fraction of sp³-hybridized carbons (Fsp3) is 0.360. The average Bonchev–Trinajstić information content (AvgIpc) is 2.79. The second-order valence-electron chi connectivity index (χ2n) is 8.13. The lowest BCUT2D eigenvalue weighted by Gasteiger charge is -2.33. The van der Waals surface area contributed by atoms with Crippen LogP contribution in [-0.2, 0) is 13.2 Å². The molecule has 1 aliphatic rings. The van der Waals surface area contributed by atoms with Gasteiger partial charge in [-0.2, -0.15) is 0 Å². The molecular formula is C25H30N4O. The first-order valence-electron chi connectivity index (χ1n) is 10.7. The van der Waals surface area contributed by atoms with E-state index in [0.29, 0.717) is 12.5 Å². The Morgan fingerprint density at radius 3 is 2.73 bits per heavy atom. The number of ether oxygens (including phenoxy) is 1. The van der Waals surface area contributed by atoms with Gasteiger partial charge in [-0.1, -0.05) is 24.3 Å². The van der Waals surface area contributed by atoms with E-state index in [-0.39, 0.29) is 0 Å². The molecular weight excluding hydrogens is 372 g/mol. The molecule has 0 aliphatic carbocycles. The van der Waals surface area contributed by atoms with Crippen LogP contribution in [0.1, 0.15) is 35.6 Å². The molecule has 4 rings (SSSR count). The summed E-state index contributed by atoms with van der Waals surface area (Å²) in [4.78, 5) is 13.4.